The number of hydrogen-bond donors (Lipinski definition) is 2. The van der Waals surface area contributed by atoms with Crippen LogP contribution >= 0.6 is 0 Å². The molecule has 14 heavy (non-hydrogen) atoms. The van der Waals surface area contributed by atoms with E-state index in [-0.39, 0.29) is 18.6 Å². The Morgan fingerprint density at radius 3 is 3.00 bits per heavy atom. The van der Waals surface area contributed by atoms with Gasteiger partial charge in [0, 0.05) is 6.42 Å². The van der Waals surface area contributed by atoms with Crippen LogP contribution in [0.3, 0.4) is 0 Å². The van der Waals surface area contributed by atoms with Crippen LogP contribution in [0.25, 0.3) is 0 Å². The van der Waals surface area contributed by atoms with Crippen LogP contribution in [0.1, 0.15) is 32.6 Å². The minimum Gasteiger partial charge on any atom is -0.394 e. The van der Waals surface area contributed by atoms with Crippen molar-refractivity contribution in [2.24, 2.45) is 5.92 Å². The van der Waals surface area contributed by atoms with Gasteiger partial charge in [-0.15, -0.1) is 0 Å². The molecule has 3 nitrogen and oxygen atoms in total. The molecule has 0 saturated carbocycles. The minimum absolute atomic E-state index is 0.0305. The van der Waals surface area contributed by atoms with Crippen molar-refractivity contribution in [3.05, 3.63) is 12.2 Å². The summed E-state index contributed by atoms with van der Waals surface area (Å²) in [7, 11) is 0. The highest BCUT2D eigenvalue weighted by Gasteiger charge is 2.15. The number of nitrogens with one attached hydrogen (secondary N) is 1. The molecule has 0 spiro atoms. The number of aliphatic hydroxyl groups is 1. The zero-order valence-corrected chi connectivity index (χ0v) is 8.70. The monoisotopic (exact) mass is 197 g/mol. The Labute approximate surface area is 85.2 Å². The van der Waals surface area contributed by atoms with Crippen molar-refractivity contribution in [3.63, 3.8) is 0 Å². The summed E-state index contributed by atoms with van der Waals surface area (Å²) < 4.78 is 0. The Bertz CT molecular complexity index is 209. The normalized spacial score (nSPS) is 22.3. The van der Waals surface area contributed by atoms with Crippen molar-refractivity contribution in [2.45, 2.75) is 38.6 Å². The fourth-order valence-electron chi connectivity index (χ4n) is 1.67. The molecule has 1 aliphatic carbocycles. The van der Waals surface area contributed by atoms with E-state index >= 15 is 0 Å². The van der Waals surface area contributed by atoms with E-state index in [1.54, 1.807) is 0 Å². The molecular formula is C11H19NO2. The molecule has 0 aromatic rings. The van der Waals surface area contributed by atoms with Gasteiger partial charge in [-0.05, 0) is 25.2 Å². The van der Waals surface area contributed by atoms with E-state index in [0.29, 0.717) is 12.3 Å². The smallest absolute Gasteiger partial charge is 0.220 e. The number of carbonyl (C=O) groups excluding carboxylic acids is 1. The molecule has 1 rings (SSSR count). The van der Waals surface area contributed by atoms with Gasteiger partial charge in [0.2, 0.25) is 5.91 Å². The van der Waals surface area contributed by atoms with E-state index in [1.165, 1.54) is 0 Å². The lowest BCUT2D eigenvalue weighted by atomic mass is 10.0. The second-order valence-corrected chi connectivity index (χ2v) is 3.82. The third kappa shape index (κ3) is 3.50. The van der Waals surface area contributed by atoms with Crippen molar-refractivity contribution in [1.82, 2.24) is 5.32 Å². The average Bonchev–Trinajstić information content (AvgIpc) is 2.66. The van der Waals surface area contributed by atoms with Gasteiger partial charge in [-0.3, -0.25) is 4.79 Å². The van der Waals surface area contributed by atoms with Crippen molar-refractivity contribution in [1.29, 1.82) is 0 Å². The first kappa shape index (κ1) is 11.2. The van der Waals surface area contributed by atoms with Crippen molar-refractivity contribution < 1.29 is 9.90 Å². The molecule has 80 valence electrons. The maximum atomic E-state index is 11.5. The van der Waals surface area contributed by atoms with Gasteiger partial charge in [0.05, 0.1) is 12.6 Å². The largest absolute Gasteiger partial charge is 0.394 e. The highest BCUT2D eigenvalue weighted by molar-refractivity contribution is 5.76. The topological polar surface area (TPSA) is 49.3 Å². The minimum atomic E-state index is -0.0760. The van der Waals surface area contributed by atoms with E-state index in [4.69, 9.17) is 5.11 Å². The number of hydrogen-bond acceptors (Lipinski definition) is 2. The van der Waals surface area contributed by atoms with Crippen LogP contribution in [-0.4, -0.2) is 23.7 Å². The molecule has 3 heteroatoms. The number of carbonyl (C=O) groups is 1. The quantitative estimate of drug-likeness (QED) is 0.651. The summed E-state index contributed by atoms with van der Waals surface area (Å²) in [5.41, 5.74) is 0. The average molecular weight is 197 g/mol. The molecular weight excluding hydrogens is 178 g/mol. The third-order valence-corrected chi connectivity index (χ3v) is 2.64. The van der Waals surface area contributed by atoms with Crippen LogP contribution in [0.2, 0.25) is 0 Å². The Morgan fingerprint density at radius 1 is 1.71 bits per heavy atom. The van der Waals surface area contributed by atoms with Gasteiger partial charge in [-0.2, -0.15) is 0 Å². The molecule has 0 fully saturated rings. The summed E-state index contributed by atoms with van der Waals surface area (Å²) in [5.74, 6) is 0.466. The standard InChI is InChI=1S/C11H19NO2/c1-2-10(8-13)12-11(14)7-9-5-3-4-6-9/h3,5,9-10,13H,2,4,6-8H2,1H3,(H,12,14). The Kier molecular flexibility index (Phi) is 4.66. The molecule has 2 atom stereocenters. The van der Waals surface area contributed by atoms with Gasteiger partial charge in [0.15, 0.2) is 0 Å². The Hall–Kier alpha value is -0.830. The molecule has 0 heterocycles. The first-order valence-corrected chi connectivity index (χ1v) is 5.33. The molecule has 0 saturated heterocycles. The second-order valence-electron chi connectivity index (χ2n) is 3.82. The first-order valence-electron chi connectivity index (χ1n) is 5.33. The van der Waals surface area contributed by atoms with E-state index in [0.717, 1.165) is 19.3 Å². The van der Waals surface area contributed by atoms with Crippen molar-refractivity contribution in [3.8, 4) is 0 Å². The number of allylic oxidation sites excluding steroid dienone is 2. The van der Waals surface area contributed by atoms with E-state index in [1.807, 2.05) is 6.92 Å². The van der Waals surface area contributed by atoms with Crippen LogP contribution in [0.15, 0.2) is 12.2 Å². The van der Waals surface area contributed by atoms with Crippen molar-refractivity contribution in [2.75, 3.05) is 6.61 Å². The summed E-state index contributed by atoms with van der Waals surface area (Å²) in [6, 6.07) is -0.0760. The molecule has 2 unspecified atom stereocenters. The molecule has 0 bridgehead atoms. The van der Waals surface area contributed by atoms with Crippen LogP contribution in [0.4, 0.5) is 0 Å². The SMILES string of the molecule is CCC(CO)NC(=O)CC1C=CCC1. The summed E-state index contributed by atoms with van der Waals surface area (Å²) in [6.45, 7) is 1.99. The van der Waals surface area contributed by atoms with Crippen LogP contribution < -0.4 is 5.32 Å². The summed E-state index contributed by atoms with van der Waals surface area (Å²) >= 11 is 0. The molecule has 0 aromatic heterocycles. The Morgan fingerprint density at radius 2 is 2.50 bits per heavy atom. The number of amides is 1. The lowest BCUT2D eigenvalue weighted by molar-refractivity contribution is -0.122. The predicted molar refractivity (Wildman–Crippen MR) is 55.8 cm³/mol. The molecule has 2 N–H and O–H groups in total. The number of rotatable bonds is 5. The van der Waals surface area contributed by atoms with Gasteiger partial charge < -0.3 is 10.4 Å². The summed E-state index contributed by atoms with van der Waals surface area (Å²) in [5, 5.41) is 11.7. The fraction of sp³-hybridized carbons (Fsp3) is 0.727. The van der Waals surface area contributed by atoms with Crippen molar-refractivity contribution >= 4 is 5.91 Å². The van der Waals surface area contributed by atoms with Gasteiger partial charge in [-0.25, -0.2) is 0 Å². The van der Waals surface area contributed by atoms with Crippen LogP contribution in [0.5, 0.6) is 0 Å². The zero-order chi connectivity index (χ0) is 10.4. The summed E-state index contributed by atoms with van der Waals surface area (Å²) in [4.78, 5) is 11.5. The maximum Gasteiger partial charge on any atom is 0.220 e. The lowest BCUT2D eigenvalue weighted by Crippen LogP contribution is -2.37. The zero-order valence-electron chi connectivity index (χ0n) is 8.70. The van der Waals surface area contributed by atoms with Crippen LogP contribution in [-0.2, 0) is 4.79 Å². The molecule has 0 radical (unpaired) electrons. The van der Waals surface area contributed by atoms with Gasteiger partial charge >= 0.3 is 0 Å². The summed E-state index contributed by atoms with van der Waals surface area (Å²) in [6.07, 6.45) is 7.76. The van der Waals surface area contributed by atoms with E-state index in [2.05, 4.69) is 17.5 Å². The van der Waals surface area contributed by atoms with Crippen LogP contribution in [0, 0.1) is 5.92 Å². The second kappa shape index (κ2) is 5.81. The maximum absolute atomic E-state index is 11.5. The Balaban J connectivity index is 2.23. The molecule has 1 aliphatic rings. The molecule has 0 aliphatic heterocycles. The van der Waals surface area contributed by atoms with E-state index < -0.39 is 0 Å². The van der Waals surface area contributed by atoms with E-state index in [9.17, 15) is 4.79 Å². The molecule has 0 aromatic carbocycles. The fourth-order valence-corrected chi connectivity index (χ4v) is 1.67. The third-order valence-electron chi connectivity index (χ3n) is 2.64. The van der Waals surface area contributed by atoms with Gasteiger partial charge in [0.25, 0.3) is 0 Å². The van der Waals surface area contributed by atoms with Gasteiger partial charge in [0.1, 0.15) is 0 Å². The number of aliphatic hydroxyl groups excluding tert-OH is 1. The molecule has 1 amide bonds. The highest BCUT2D eigenvalue weighted by atomic mass is 16.3. The highest BCUT2D eigenvalue weighted by Crippen LogP contribution is 2.19. The first-order chi connectivity index (χ1) is 6.76. The predicted octanol–water partition coefficient (Wildman–Crippen LogP) is 1.23. The lowest BCUT2D eigenvalue weighted by Gasteiger charge is -2.15. The van der Waals surface area contributed by atoms with Gasteiger partial charge in [-0.1, -0.05) is 19.1 Å².